The molecule has 43 heteroatoms. The first-order valence-corrected chi connectivity index (χ1v) is 46.3. The van der Waals surface area contributed by atoms with Gasteiger partial charge in [-0.1, -0.05) is 54.6 Å². The summed E-state index contributed by atoms with van der Waals surface area (Å²) in [7, 11) is 4.48. The van der Waals surface area contributed by atoms with Gasteiger partial charge in [0.05, 0.1) is 204 Å². The van der Waals surface area contributed by atoms with Crippen LogP contribution in [-0.4, -0.2) is 402 Å². The maximum atomic E-state index is 14.6. The zero-order chi connectivity index (χ0) is 97.3. The smallest absolute Gasteiger partial charge is 0.338 e. The molecule has 6 saturated heterocycles. The summed E-state index contributed by atoms with van der Waals surface area (Å²) in [5.41, 5.74) is 1.48. The lowest BCUT2D eigenvalue weighted by Crippen LogP contribution is -2.63. The van der Waals surface area contributed by atoms with Crippen LogP contribution in [0, 0.1) is 0 Å². The van der Waals surface area contributed by atoms with Gasteiger partial charge in [-0.2, -0.15) is 0 Å². The first-order valence-electron chi connectivity index (χ1n) is 46.3. The molecule has 766 valence electrons. The van der Waals surface area contributed by atoms with Gasteiger partial charge in [0.25, 0.3) is 5.91 Å². The SMILES string of the molecule is CO[C@@H]1O[C@H](COCCOCCOCCOCCNC(=O)CCOCC(COCCC(=O)NCCOCCOCCOCCOC[C@H]2O[C@@H](OC)[C@H](NC(C)=O)[C@H]3OC(C)(C)O[C@H]32)(COCCC(=O)NCCOCCOCCOCCOC[C@H]2O[C@@H](OC)[C@H](NC(C)=O)[C@H]3OC(C)(C)O[C@H]32)NC(=O)c2ccc(-c3ccc(C(=O)OCc4ccccc4)cc3)cc2)[C@@H]2OC(C)O[C@@H]2[C@H]1NC(C)=O. The Balaban J connectivity index is 0.701. The van der Waals surface area contributed by atoms with E-state index in [0.29, 0.717) is 65.0 Å². The summed E-state index contributed by atoms with van der Waals surface area (Å²) in [4.78, 5) is 103. The Labute approximate surface area is 794 Å². The van der Waals surface area contributed by atoms with Crippen LogP contribution in [0.25, 0.3) is 11.1 Å². The van der Waals surface area contributed by atoms with Crippen molar-refractivity contribution in [3.8, 4) is 11.1 Å². The van der Waals surface area contributed by atoms with Gasteiger partial charge in [-0.25, -0.2) is 4.79 Å². The number of rotatable bonds is 69. The Morgan fingerprint density at radius 1 is 0.346 bits per heavy atom. The van der Waals surface area contributed by atoms with E-state index in [1.165, 1.54) is 42.1 Å². The average Bonchev–Trinajstić information content (AvgIpc) is 1.62. The molecule has 43 nitrogen and oxygen atoms in total. The second-order valence-electron chi connectivity index (χ2n) is 33.6. The van der Waals surface area contributed by atoms with Crippen LogP contribution in [0.2, 0.25) is 0 Å². The number of carbonyl (C=O) groups is 8. The third-order valence-corrected chi connectivity index (χ3v) is 21.8. The second kappa shape index (κ2) is 61.1. The molecule has 16 atom stereocenters. The van der Waals surface area contributed by atoms with Crippen LogP contribution in [0.5, 0.6) is 0 Å². The number of methoxy groups -OCH3 is 3. The van der Waals surface area contributed by atoms with Gasteiger partial charge < -0.3 is 170 Å². The molecule has 136 heavy (non-hydrogen) atoms. The first-order chi connectivity index (χ1) is 65.7. The summed E-state index contributed by atoms with van der Waals surface area (Å²) in [6.07, 6.45) is -7.59. The van der Waals surface area contributed by atoms with Crippen molar-refractivity contribution in [3.05, 3.63) is 95.6 Å². The van der Waals surface area contributed by atoms with Crippen molar-refractivity contribution >= 4 is 47.3 Å². The monoisotopic (exact) mass is 1930 g/mol. The Hall–Kier alpha value is -7.66. The van der Waals surface area contributed by atoms with Gasteiger partial charge in [0.1, 0.15) is 85.2 Å². The number of nitrogens with one attached hydrogen (secondary N) is 7. The molecule has 3 aromatic carbocycles. The van der Waals surface area contributed by atoms with Crippen LogP contribution in [-0.2, 0) is 168 Å². The topological polar surface area (TPSA) is 479 Å². The van der Waals surface area contributed by atoms with Crippen LogP contribution < -0.4 is 37.2 Å². The van der Waals surface area contributed by atoms with E-state index in [1.54, 1.807) is 83.1 Å². The van der Waals surface area contributed by atoms with Gasteiger partial charge in [0.15, 0.2) is 36.7 Å². The summed E-state index contributed by atoms with van der Waals surface area (Å²) in [5.74, 6) is -4.61. The number of hydrogen-bond acceptors (Lipinski definition) is 36. The molecular weight excluding hydrogens is 1790 g/mol. The molecule has 1 unspecified atom stereocenters. The number of ether oxygens (including phenoxy) is 28. The predicted octanol–water partition coefficient (Wildman–Crippen LogP) is 1.75. The number of amides is 7. The summed E-state index contributed by atoms with van der Waals surface area (Å²) < 4.78 is 164. The zero-order valence-electron chi connectivity index (χ0n) is 80.1. The maximum Gasteiger partial charge on any atom is 0.338 e. The maximum absolute atomic E-state index is 14.6. The third kappa shape index (κ3) is 39.8. The predicted molar refractivity (Wildman–Crippen MR) is 479 cm³/mol. The van der Waals surface area contributed by atoms with E-state index in [4.69, 9.17) is 133 Å². The average molecular weight is 1940 g/mol. The highest BCUT2D eigenvalue weighted by Crippen LogP contribution is 2.40. The van der Waals surface area contributed by atoms with Gasteiger partial charge in [-0.3, -0.25) is 33.6 Å². The molecule has 9 rings (SSSR count). The fourth-order valence-corrected chi connectivity index (χ4v) is 15.5. The Bertz CT molecular complexity index is 3840. The fourth-order valence-electron chi connectivity index (χ4n) is 15.5. The lowest BCUT2D eigenvalue weighted by molar-refractivity contribution is -0.245. The molecule has 6 aliphatic heterocycles. The van der Waals surface area contributed by atoms with E-state index in [9.17, 15) is 38.4 Å². The van der Waals surface area contributed by atoms with E-state index in [-0.39, 0.29) is 225 Å². The highest BCUT2D eigenvalue weighted by Gasteiger charge is 2.58. The molecule has 7 amide bonds. The van der Waals surface area contributed by atoms with Crippen LogP contribution in [0.3, 0.4) is 0 Å². The van der Waals surface area contributed by atoms with Gasteiger partial charge in [0.2, 0.25) is 35.4 Å². The number of hydrogen-bond donors (Lipinski definition) is 7. The van der Waals surface area contributed by atoms with E-state index in [2.05, 4.69) is 37.2 Å². The minimum atomic E-state index is -1.49. The van der Waals surface area contributed by atoms with Gasteiger partial charge >= 0.3 is 5.97 Å². The molecule has 0 bridgehead atoms. The molecule has 6 aliphatic rings. The molecule has 6 fully saturated rings. The van der Waals surface area contributed by atoms with Crippen molar-refractivity contribution in [2.45, 2.75) is 197 Å². The van der Waals surface area contributed by atoms with Crippen LogP contribution >= 0.6 is 0 Å². The lowest BCUT2D eigenvalue weighted by atomic mass is 9.97. The van der Waals surface area contributed by atoms with Crippen LogP contribution in [0.1, 0.15) is 101 Å². The quantitative estimate of drug-likeness (QED) is 0.0313. The van der Waals surface area contributed by atoms with Crippen molar-refractivity contribution in [3.63, 3.8) is 0 Å². The van der Waals surface area contributed by atoms with Crippen molar-refractivity contribution in [2.75, 3.05) is 239 Å². The zero-order valence-corrected chi connectivity index (χ0v) is 80.1. The molecule has 0 spiro atoms. The number of carbonyl (C=O) groups excluding carboxylic acids is 8. The Kier molecular flexibility index (Phi) is 50.3. The molecular formula is C93H143N7O36. The van der Waals surface area contributed by atoms with Crippen molar-refractivity contribution in [1.82, 2.24) is 37.2 Å². The Morgan fingerprint density at radius 2 is 0.654 bits per heavy atom. The molecule has 0 radical (unpaired) electrons. The summed E-state index contributed by atoms with van der Waals surface area (Å²) in [6, 6.07) is 21.3. The summed E-state index contributed by atoms with van der Waals surface area (Å²) >= 11 is 0. The standard InChI is InChI=1S/C93H143N7O36/c1-62(101)97-77-83-80(128-65(4)129-83)71(130-88(77)109-9)56-121-52-49-118-46-43-115-40-37-112-34-28-94-74(104)25-31-124-59-93(100-86(107)69-21-17-67(18-22-69)68-19-23-70(24-20-68)87(108)127-55-66-15-13-12-14-16-66,60-125-32-26-75(105)95-29-35-113-38-41-116-44-47-119-50-53-122-57-72-81-84(135-91(5,6)133-81)78(98-63(2)102)89(110-10)131-72)61-126-33-27-76(106)96-30-36-114-39-42-117-45-48-120-51-54-123-58-73-82-85(136-92(7,8)134-82)79(99-64(3)103)90(111-11)132-73/h12-24,65,71-73,77-85,88-90H,25-61H2,1-11H3,(H,94,104)(H,95,105)(H,96,106)(H,97,101)(H,98,102)(H,99,103)(H,100,107)/t65?,71-,72-,73-,77-,78-,79-,80+,81+,82+,83-,84-,85-,88-,89-,90-/m1/s1. The van der Waals surface area contributed by atoms with Gasteiger partial charge in [-0.15, -0.1) is 0 Å². The molecule has 7 N–H and O–H groups in total. The van der Waals surface area contributed by atoms with Crippen LogP contribution in [0.15, 0.2) is 78.9 Å². The molecule has 0 aromatic heterocycles. The molecule has 0 saturated carbocycles. The highest BCUT2D eigenvalue weighted by atomic mass is 16.8. The normalized spacial score (nSPS) is 24.2. The van der Waals surface area contributed by atoms with E-state index >= 15 is 0 Å². The number of benzene rings is 3. The fraction of sp³-hybridized carbons (Fsp3) is 0.720. The minimum Gasteiger partial charge on any atom is -0.457 e. The number of fused-ring (bicyclic) bond motifs is 3. The minimum absolute atomic E-state index is 0.0851. The molecule has 6 heterocycles. The molecule has 3 aromatic rings. The second-order valence-corrected chi connectivity index (χ2v) is 33.6. The van der Waals surface area contributed by atoms with Crippen molar-refractivity contribution in [2.24, 2.45) is 0 Å². The van der Waals surface area contributed by atoms with Crippen LogP contribution in [0.4, 0.5) is 0 Å². The molecule has 0 aliphatic carbocycles. The van der Waals surface area contributed by atoms with E-state index < -0.39 is 127 Å². The van der Waals surface area contributed by atoms with Crippen molar-refractivity contribution in [1.29, 1.82) is 0 Å². The highest BCUT2D eigenvalue weighted by molar-refractivity contribution is 5.95. The lowest BCUT2D eigenvalue weighted by Gasteiger charge is -2.41. The summed E-state index contributed by atoms with van der Waals surface area (Å²) in [6.45, 7) is 19.0. The van der Waals surface area contributed by atoms with Gasteiger partial charge in [-0.05, 0) is 75.6 Å². The van der Waals surface area contributed by atoms with E-state index in [0.717, 1.165) is 16.7 Å². The van der Waals surface area contributed by atoms with E-state index in [1.807, 2.05) is 30.3 Å². The number of esters is 1. The third-order valence-electron chi connectivity index (χ3n) is 21.8. The Morgan fingerprint density at radius 3 is 1.00 bits per heavy atom. The summed E-state index contributed by atoms with van der Waals surface area (Å²) in [5, 5.41) is 20.1. The largest absolute Gasteiger partial charge is 0.457 e. The van der Waals surface area contributed by atoms with Gasteiger partial charge in [0, 0.05) is 86.6 Å². The first kappa shape index (κ1) is 112. The van der Waals surface area contributed by atoms with Crippen molar-refractivity contribution < 1.29 is 171 Å².